The van der Waals surface area contributed by atoms with Crippen molar-refractivity contribution in [1.29, 1.82) is 0 Å². The first-order valence-corrected chi connectivity index (χ1v) is 11.3. The zero-order chi connectivity index (χ0) is 23.3. The first-order valence-electron chi connectivity index (χ1n) is 11.3. The Bertz CT molecular complexity index is 1020. The number of tetrazole rings is 1. The summed E-state index contributed by atoms with van der Waals surface area (Å²) in [4.78, 5) is 21.3. The van der Waals surface area contributed by atoms with Crippen molar-refractivity contribution in [2.45, 2.75) is 71.9 Å². The monoisotopic (exact) mass is 440 g/mol. The van der Waals surface area contributed by atoms with Crippen LogP contribution in [0.25, 0.3) is 5.69 Å². The van der Waals surface area contributed by atoms with Gasteiger partial charge in [0.05, 0.1) is 17.6 Å². The third-order valence-electron chi connectivity index (χ3n) is 5.74. The predicted octanol–water partition coefficient (Wildman–Crippen LogP) is 3.84. The molecule has 1 saturated heterocycles. The Balaban J connectivity index is 0.00000141. The van der Waals surface area contributed by atoms with Crippen LogP contribution in [0.2, 0.25) is 0 Å². The van der Waals surface area contributed by atoms with E-state index >= 15 is 0 Å². The van der Waals surface area contributed by atoms with E-state index in [1.54, 1.807) is 12.1 Å². The fourth-order valence-electron chi connectivity index (χ4n) is 3.96. The average molecular weight is 441 g/mol. The van der Waals surface area contributed by atoms with E-state index in [-0.39, 0.29) is 17.9 Å². The fourth-order valence-corrected chi connectivity index (χ4v) is 3.96. The SMILES string of the molecule is CC.CCC(O)c1nc(C2CC[C@@H](C)N(C(=O)c3ccccc3-n3ncnn3)C2)oc1C. The van der Waals surface area contributed by atoms with E-state index in [0.29, 0.717) is 41.6 Å². The molecule has 1 fully saturated rings. The lowest BCUT2D eigenvalue weighted by molar-refractivity contribution is 0.0596. The zero-order valence-corrected chi connectivity index (χ0v) is 19.4. The lowest BCUT2D eigenvalue weighted by Crippen LogP contribution is -2.45. The van der Waals surface area contributed by atoms with E-state index in [4.69, 9.17) is 4.42 Å². The van der Waals surface area contributed by atoms with Gasteiger partial charge in [0.1, 0.15) is 17.1 Å². The molecule has 0 saturated carbocycles. The van der Waals surface area contributed by atoms with Crippen LogP contribution in [-0.4, -0.2) is 53.7 Å². The van der Waals surface area contributed by atoms with Crippen LogP contribution in [0.1, 0.15) is 86.7 Å². The van der Waals surface area contributed by atoms with Crippen molar-refractivity contribution in [2.75, 3.05) is 6.54 Å². The molecule has 172 valence electrons. The van der Waals surface area contributed by atoms with Crippen LogP contribution in [0.3, 0.4) is 0 Å². The average Bonchev–Trinajstić information content (AvgIpc) is 3.50. The van der Waals surface area contributed by atoms with Crippen molar-refractivity contribution < 1.29 is 14.3 Å². The number of hydrogen-bond donors (Lipinski definition) is 1. The molecule has 9 heteroatoms. The van der Waals surface area contributed by atoms with Crippen molar-refractivity contribution in [3.8, 4) is 5.69 Å². The van der Waals surface area contributed by atoms with Gasteiger partial charge in [-0.15, -0.1) is 15.0 Å². The molecule has 1 amide bonds. The second-order valence-electron chi connectivity index (χ2n) is 7.74. The van der Waals surface area contributed by atoms with Crippen molar-refractivity contribution in [1.82, 2.24) is 30.1 Å². The molecule has 3 aromatic rings. The number of piperidine rings is 1. The molecule has 0 bridgehead atoms. The first kappa shape index (κ1) is 23.6. The van der Waals surface area contributed by atoms with E-state index in [1.165, 1.54) is 11.1 Å². The summed E-state index contributed by atoms with van der Waals surface area (Å²) in [6.45, 7) is 10.3. The Labute approximate surface area is 188 Å². The van der Waals surface area contributed by atoms with Gasteiger partial charge in [0.2, 0.25) is 0 Å². The number of likely N-dealkylation sites (tertiary alicyclic amines) is 1. The number of para-hydroxylation sites is 1. The molecule has 1 aromatic carbocycles. The number of aryl methyl sites for hydroxylation is 1. The molecular formula is C23H32N6O3. The summed E-state index contributed by atoms with van der Waals surface area (Å²) < 4.78 is 5.89. The van der Waals surface area contributed by atoms with Crippen molar-refractivity contribution in [3.63, 3.8) is 0 Å². The van der Waals surface area contributed by atoms with Gasteiger partial charge < -0.3 is 14.4 Å². The second kappa shape index (κ2) is 10.5. The Morgan fingerprint density at radius 1 is 1.28 bits per heavy atom. The highest BCUT2D eigenvalue weighted by Gasteiger charge is 2.34. The summed E-state index contributed by atoms with van der Waals surface area (Å²) in [6, 6.07) is 7.34. The number of aromatic nitrogens is 5. The van der Waals surface area contributed by atoms with E-state index in [1.807, 2.05) is 44.7 Å². The van der Waals surface area contributed by atoms with Crippen molar-refractivity contribution >= 4 is 5.91 Å². The topological polar surface area (TPSA) is 110 Å². The molecule has 3 heterocycles. The molecule has 0 aliphatic carbocycles. The summed E-state index contributed by atoms with van der Waals surface area (Å²) in [5, 5.41) is 21.9. The highest BCUT2D eigenvalue weighted by molar-refractivity contribution is 5.98. The van der Waals surface area contributed by atoms with Crippen LogP contribution >= 0.6 is 0 Å². The number of rotatable bonds is 5. The number of amides is 1. The normalized spacial score (nSPS) is 19.2. The van der Waals surface area contributed by atoms with Crippen molar-refractivity contribution in [3.05, 3.63) is 53.5 Å². The van der Waals surface area contributed by atoms with Crippen LogP contribution < -0.4 is 0 Å². The molecule has 0 radical (unpaired) electrons. The Morgan fingerprint density at radius 2 is 2.03 bits per heavy atom. The molecule has 4 rings (SSSR count). The number of aliphatic hydroxyl groups excluding tert-OH is 1. The first-order chi connectivity index (χ1) is 15.5. The molecule has 9 nitrogen and oxygen atoms in total. The fraction of sp³-hybridized carbons (Fsp3) is 0.522. The smallest absolute Gasteiger partial charge is 0.256 e. The van der Waals surface area contributed by atoms with Crippen LogP contribution in [-0.2, 0) is 0 Å². The Kier molecular flexibility index (Phi) is 7.74. The molecule has 3 atom stereocenters. The van der Waals surface area contributed by atoms with E-state index in [9.17, 15) is 9.90 Å². The summed E-state index contributed by atoms with van der Waals surface area (Å²) in [7, 11) is 0. The summed E-state index contributed by atoms with van der Waals surface area (Å²) in [5.74, 6) is 1.12. The zero-order valence-electron chi connectivity index (χ0n) is 19.4. The lowest BCUT2D eigenvalue weighted by Gasteiger charge is -2.37. The van der Waals surface area contributed by atoms with Gasteiger partial charge in [0, 0.05) is 12.6 Å². The predicted molar refractivity (Wildman–Crippen MR) is 119 cm³/mol. The Hall–Kier alpha value is -3.07. The number of nitrogens with zero attached hydrogens (tertiary/aromatic N) is 6. The van der Waals surface area contributed by atoms with Crippen LogP contribution in [0.4, 0.5) is 0 Å². The van der Waals surface area contributed by atoms with Gasteiger partial charge in [-0.1, -0.05) is 32.9 Å². The van der Waals surface area contributed by atoms with Crippen LogP contribution in [0, 0.1) is 6.92 Å². The van der Waals surface area contributed by atoms with Gasteiger partial charge in [0.15, 0.2) is 12.2 Å². The number of oxazole rings is 1. The van der Waals surface area contributed by atoms with E-state index in [2.05, 4.69) is 27.3 Å². The maximum absolute atomic E-state index is 13.5. The highest BCUT2D eigenvalue weighted by atomic mass is 16.4. The van der Waals surface area contributed by atoms with Gasteiger partial charge in [0.25, 0.3) is 5.91 Å². The number of benzene rings is 1. The molecule has 2 aromatic heterocycles. The lowest BCUT2D eigenvalue weighted by atomic mass is 9.92. The number of aliphatic hydroxyl groups is 1. The number of carbonyl (C=O) groups is 1. The molecule has 0 spiro atoms. The van der Waals surface area contributed by atoms with Crippen molar-refractivity contribution in [2.24, 2.45) is 0 Å². The number of carbonyl (C=O) groups excluding carboxylic acids is 1. The minimum atomic E-state index is -0.634. The van der Waals surface area contributed by atoms with Crippen LogP contribution in [0.15, 0.2) is 35.0 Å². The summed E-state index contributed by atoms with van der Waals surface area (Å²) in [6.07, 6.45) is 3.00. The third-order valence-corrected chi connectivity index (χ3v) is 5.74. The summed E-state index contributed by atoms with van der Waals surface area (Å²) in [5.41, 5.74) is 1.70. The number of hydrogen-bond acceptors (Lipinski definition) is 7. The van der Waals surface area contributed by atoms with E-state index < -0.39 is 6.10 Å². The van der Waals surface area contributed by atoms with E-state index in [0.717, 1.165) is 12.8 Å². The summed E-state index contributed by atoms with van der Waals surface area (Å²) >= 11 is 0. The van der Waals surface area contributed by atoms with Crippen LogP contribution in [0.5, 0.6) is 0 Å². The minimum Gasteiger partial charge on any atom is -0.445 e. The maximum Gasteiger partial charge on any atom is 0.256 e. The highest BCUT2D eigenvalue weighted by Crippen LogP contribution is 2.33. The van der Waals surface area contributed by atoms with Gasteiger partial charge in [-0.2, -0.15) is 0 Å². The molecule has 32 heavy (non-hydrogen) atoms. The minimum absolute atomic E-state index is 0.0155. The molecule has 1 aliphatic heterocycles. The van der Waals surface area contributed by atoms with Gasteiger partial charge in [-0.3, -0.25) is 4.79 Å². The molecule has 1 aliphatic rings. The molecular weight excluding hydrogens is 408 g/mol. The quantitative estimate of drug-likeness (QED) is 0.642. The van der Waals surface area contributed by atoms with Gasteiger partial charge in [-0.25, -0.2) is 4.98 Å². The maximum atomic E-state index is 13.5. The third kappa shape index (κ3) is 4.72. The van der Waals surface area contributed by atoms with Gasteiger partial charge >= 0.3 is 0 Å². The van der Waals surface area contributed by atoms with Gasteiger partial charge in [-0.05, 0) is 50.5 Å². The molecule has 2 unspecified atom stereocenters. The standard InChI is InChI=1S/C21H26N6O3.C2H6/c1-4-18(28)19-14(3)30-20(24-19)15-10-9-13(2)26(11-15)21(29)16-7-5-6-8-17(16)27-23-12-22-25-27;1-2/h5-8,12-13,15,18,28H,4,9-11H2,1-3H3;1-2H3/t13-,15?,18?;/m1./s1. The largest absolute Gasteiger partial charge is 0.445 e. The molecule has 1 N–H and O–H groups in total. The second-order valence-corrected chi connectivity index (χ2v) is 7.74. The Morgan fingerprint density at radius 3 is 2.72 bits per heavy atom.